The van der Waals surface area contributed by atoms with Gasteiger partial charge in [-0.2, -0.15) is 0 Å². The second-order valence-corrected chi connectivity index (χ2v) is 8.66. The van der Waals surface area contributed by atoms with Crippen molar-refractivity contribution in [1.82, 2.24) is 0 Å². The third-order valence-corrected chi connectivity index (χ3v) is 6.89. The smallest absolute Gasteiger partial charge is 0.308 e. The van der Waals surface area contributed by atoms with Crippen LogP contribution in [0.5, 0.6) is 0 Å². The molecule has 8 heteroatoms. The summed E-state index contributed by atoms with van der Waals surface area (Å²) in [5, 5.41) is 8.76. The number of carbonyl (C=O) groups is 2. The Morgan fingerprint density at radius 1 is 1.11 bits per heavy atom. The van der Waals surface area contributed by atoms with E-state index in [2.05, 4.69) is 6.92 Å². The van der Waals surface area contributed by atoms with Gasteiger partial charge in [0, 0.05) is 18.3 Å². The summed E-state index contributed by atoms with van der Waals surface area (Å²) < 4.78 is 17.8. The zero-order valence-electron chi connectivity index (χ0n) is 16.0. The third-order valence-electron chi connectivity index (χ3n) is 6.89. The van der Waals surface area contributed by atoms with Crippen molar-refractivity contribution in [1.29, 1.82) is 0 Å². The Morgan fingerprint density at radius 2 is 1.89 bits per heavy atom. The predicted molar refractivity (Wildman–Crippen MR) is 89.8 cm³/mol. The molecule has 8 nitrogen and oxygen atoms in total. The van der Waals surface area contributed by atoms with Crippen LogP contribution < -0.4 is 0 Å². The van der Waals surface area contributed by atoms with Gasteiger partial charge in [0.05, 0.1) is 12.8 Å². The van der Waals surface area contributed by atoms with E-state index >= 15 is 0 Å². The average Bonchev–Trinajstić information content (AvgIpc) is 2.84. The Balaban J connectivity index is 1.58. The van der Waals surface area contributed by atoms with Crippen LogP contribution >= 0.6 is 0 Å². The summed E-state index contributed by atoms with van der Waals surface area (Å²) in [5.74, 6) is -1.82. The van der Waals surface area contributed by atoms with Gasteiger partial charge in [0.2, 0.25) is 12.1 Å². The van der Waals surface area contributed by atoms with Crippen LogP contribution in [0.3, 0.4) is 0 Å². The number of ether oxygens (including phenoxy) is 3. The number of carboxylic acid groups (broad SMARTS) is 1. The fraction of sp³-hybridized carbons (Fsp3) is 0.895. The van der Waals surface area contributed by atoms with Crippen molar-refractivity contribution in [2.45, 2.75) is 83.3 Å². The lowest BCUT2D eigenvalue weighted by atomic mass is 9.58. The van der Waals surface area contributed by atoms with E-state index in [0.29, 0.717) is 12.3 Å². The van der Waals surface area contributed by atoms with Crippen LogP contribution in [0.1, 0.15) is 59.3 Å². The van der Waals surface area contributed by atoms with Crippen LogP contribution in [0.2, 0.25) is 0 Å². The number of aliphatic carboxylic acids is 1. The summed E-state index contributed by atoms with van der Waals surface area (Å²) in [4.78, 5) is 34.5. The Labute approximate surface area is 158 Å². The van der Waals surface area contributed by atoms with Gasteiger partial charge in [-0.05, 0) is 38.0 Å². The van der Waals surface area contributed by atoms with Gasteiger partial charge in [0.15, 0.2) is 11.9 Å². The molecule has 0 radical (unpaired) electrons. The van der Waals surface area contributed by atoms with Gasteiger partial charge in [-0.25, -0.2) is 9.78 Å². The van der Waals surface area contributed by atoms with E-state index in [1.165, 1.54) is 0 Å². The first-order chi connectivity index (χ1) is 12.7. The summed E-state index contributed by atoms with van der Waals surface area (Å²) in [6.45, 7) is 6.06. The van der Waals surface area contributed by atoms with E-state index < -0.39 is 35.9 Å². The van der Waals surface area contributed by atoms with Crippen LogP contribution in [0.15, 0.2) is 0 Å². The molecule has 0 amide bonds. The second kappa shape index (κ2) is 6.69. The van der Waals surface area contributed by atoms with Crippen LogP contribution in [-0.2, 0) is 33.6 Å². The van der Waals surface area contributed by atoms with Gasteiger partial charge in [-0.15, -0.1) is 0 Å². The maximum atomic E-state index is 12.1. The lowest BCUT2D eigenvalue weighted by Gasteiger charge is -2.59. The summed E-state index contributed by atoms with van der Waals surface area (Å²) in [7, 11) is 0. The van der Waals surface area contributed by atoms with Crippen LogP contribution in [0.4, 0.5) is 0 Å². The first-order valence-electron chi connectivity index (χ1n) is 9.86. The molecular weight excluding hydrogens is 356 g/mol. The van der Waals surface area contributed by atoms with E-state index in [1.54, 1.807) is 0 Å². The van der Waals surface area contributed by atoms with Gasteiger partial charge in [0.25, 0.3) is 0 Å². The van der Waals surface area contributed by atoms with Crippen molar-refractivity contribution < 1.29 is 38.7 Å². The number of hydrogen-bond donors (Lipinski definition) is 1. The van der Waals surface area contributed by atoms with Crippen molar-refractivity contribution in [3.8, 4) is 0 Å². The minimum absolute atomic E-state index is 0.0670. The number of fused-ring (bicyclic) bond motifs is 2. The molecule has 27 heavy (non-hydrogen) atoms. The highest BCUT2D eigenvalue weighted by molar-refractivity contribution is 5.76. The van der Waals surface area contributed by atoms with E-state index in [1.807, 2.05) is 13.8 Å². The van der Waals surface area contributed by atoms with E-state index in [0.717, 1.165) is 19.3 Å². The Hall–Kier alpha value is -1.22. The van der Waals surface area contributed by atoms with Crippen molar-refractivity contribution >= 4 is 11.9 Å². The molecule has 5 fully saturated rings. The maximum Gasteiger partial charge on any atom is 0.308 e. The summed E-state index contributed by atoms with van der Waals surface area (Å²) in [6.07, 6.45) is 1.72. The molecular formula is C19H28O8. The average molecular weight is 384 g/mol. The van der Waals surface area contributed by atoms with Gasteiger partial charge in [0.1, 0.15) is 0 Å². The largest absolute Gasteiger partial charge is 0.481 e. The number of esters is 1. The molecule has 4 saturated heterocycles. The van der Waals surface area contributed by atoms with Gasteiger partial charge in [-0.3, -0.25) is 9.59 Å². The monoisotopic (exact) mass is 384 g/mol. The highest BCUT2D eigenvalue weighted by Crippen LogP contribution is 2.60. The standard InChI is InChI=1S/C19H28O8/c1-10-4-5-13-11(2)16(23-15(22)7-6-14(20)21)24-17-19(13)12(10)8-9-18(3,25-17)26-27-19/h10-13,16-17H,4-9H2,1-3H3,(H,20,21)/t10-,11+,12+,13-,16-,17-,18-,19-/m1/s1. The molecule has 152 valence electrons. The van der Waals surface area contributed by atoms with Crippen LogP contribution in [-0.4, -0.2) is 41.0 Å². The molecule has 5 aliphatic rings. The Morgan fingerprint density at radius 3 is 2.63 bits per heavy atom. The summed E-state index contributed by atoms with van der Waals surface area (Å²) >= 11 is 0. The minimum atomic E-state index is -1.03. The van der Waals surface area contributed by atoms with E-state index in [4.69, 9.17) is 29.1 Å². The second-order valence-electron chi connectivity index (χ2n) is 8.66. The number of carboxylic acids is 1. The highest BCUT2D eigenvalue weighted by atomic mass is 17.3. The molecule has 0 aromatic rings. The van der Waals surface area contributed by atoms with Crippen LogP contribution in [0, 0.1) is 23.7 Å². The van der Waals surface area contributed by atoms with E-state index in [9.17, 15) is 9.59 Å². The van der Waals surface area contributed by atoms with Gasteiger partial charge in [-0.1, -0.05) is 13.8 Å². The van der Waals surface area contributed by atoms with Crippen molar-refractivity contribution in [2.24, 2.45) is 23.7 Å². The molecule has 4 aliphatic heterocycles. The first kappa shape index (κ1) is 19.1. The number of rotatable bonds is 4. The predicted octanol–water partition coefficient (Wildman–Crippen LogP) is 2.60. The highest BCUT2D eigenvalue weighted by Gasteiger charge is 2.69. The van der Waals surface area contributed by atoms with Crippen molar-refractivity contribution in [2.75, 3.05) is 0 Å². The van der Waals surface area contributed by atoms with Gasteiger partial charge >= 0.3 is 11.9 Å². The number of hydrogen-bond acceptors (Lipinski definition) is 7. The minimum Gasteiger partial charge on any atom is -0.481 e. The molecule has 1 aliphatic carbocycles. The topological polar surface area (TPSA) is 101 Å². The molecule has 1 saturated carbocycles. The fourth-order valence-electron chi connectivity index (χ4n) is 5.40. The van der Waals surface area contributed by atoms with Gasteiger partial charge < -0.3 is 19.3 Å². The maximum absolute atomic E-state index is 12.1. The fourth-order valence-corrected chi connectivity index (χ4v) is 5.40. The molecule has 4 heterocycles. The summed E-state index contributed by atoms with van der Waals surface area (Å²) in [6, 6.07) is 0. The molecule has 0 unspecified atom stereocenters. The molecule has 0 aromatic heterocycles. The van der Waals surface area contributed by atoms with Crippen molar-refractivity contribution in [3.05, 3.63) is 0 Å². The third kappa shape index (κ3) is 3.06. The normalized spacial score (nSPS) is 48.4. The Kier molecular flexibility index (Phi) is 4.73. The molecule has 1 spiro atoms. The number of carbonyl (C=O) groups excluding carboxylic acids is 1. The molecule has 5 rings (SSSR count). The molecule has 1 N–H and O–H groups in total. The lowest BCUT2D eigenvalue weighted by molar-refractivity contribution is -0.576. The summed E-state index contributed by atoms with van der Waals surface area (Å²) in [5.41, 5.74) is -0.697. The zero-order chi connectivity index (χ0) is 19.4. The first-order valence-corrected chi connectivity index (χ1v) is 9.86. The molecule has 2 bridgehead atoms. The lowest BCUT2D eigenvalue weighted by Crippen LogP contribution is -2.70. The van der Waals surface area contributed by atoms with Crippen LogP contribution in [0.25, 0.3) is 0 Å². The van der Waals surface area contributed by atoms with E-state index in [-0.39, 0.29) is 30.6 Å². The Bertz CT molecular complexity index is 623. The quantitative estimate of drug-likeness (QED) is 0.583. The zero-order valence-corrected chi connectivity index (χ0v) is 16.0. The molecule has 0 aromatic carbocycles. The SMILES string of the molecule is C[C@@H]1[C@H](OC(=O)CCC(=O)O)O[C@@H]2O[C@@]3(C)CC[C@H]4[C@H](C)CC[C@H]1[C@@]24OO3. The molecule has 8 atom stereocenters. The van der Waals surface area contributed by atoms with Crippen molar-refractivity contribution in [3.63, 3.8) is 0 Å².